The first-order valence-corrected chi connectivity index (χ1v) is 14.7. The molecule has 0 heterocycles. The van der Waals surface area contributed by atoms with Crippen LogP contribution in [0.1, 0.15) is 39.7 Å². The number of benzene rings is 2. The minimum absolute atomic E-state index is 0.00680. The Balaban J connectivity index is 2.50. The third-order valence-electron chi connectivity index (χ3n) is 5.54. The average Bonchev–Trinajstić information content (AvgIpc) is 2.82. The van der Waals surface area contributed by atoms with E-state index in [1.54, 1.807) is 56.3 Å². The quantitative estimate of drug-likeness (QED) is 0.374. The molecule has 204 valence electrons. The lowest BCUT2D eigenvalue weighted by Gasteiger charge is -2.33. The van der Waals surface area contributed by atoms with Crippen LogP contribution in [0.4, 0.5) is 5.69 Å². The summed E-state index contributed by atoms with van der Waals surface area (Å²) in [5.41, 5.74) is 0.817. The smallest absolute Gasteiger partial charge is 0.244 e. The van der Waals surface area contributed by atoms with Crippen molar-refractivity contribution < 1.29 is 22.7 Å². The molecule has 0 fully saturated rings. The van der Waals surface area contributed by atoms with Gasteiger partial charge >= 0.3 is 0 Å². The highest BCUT2D eigenvalue weighted by Gasteiger charge is 2.33. The lowest BCUT2D eigenvalue weighted by molar-refractivity contribution is -0.140. The molecule has 0 aliphatic carbocycles. The molecular weight excluding hydrogens is 537 g/mol. The van der Waals surface area contributed by atoms with Crippen molar-refractivity contribution in [3.8, 4) is 5.75 Å². The molecule has 1 unspecified atom stereocenters. The molecule has 37 heavy (non-hydrogen) atoms. The van der Waals surface area contributed by atoms with Crippen LogP contribution in [0.3, 0.4) is 0 Å². The second-order valence-electron chi connectivity index (χ2n) is 8.99. The van der Waals surface area contributed by atoms with E-state index >= 15 is 0 Å². The first kappa shape index (κ1) is 30.7. The minimum atomic E-state index is -3.89. The van der Waals surface area contributed by atoms with E-state index < -0.39 is 28.5 Å². The fraction of sp³-hybridized carbons (Fsp3) is 0.462. The Morgan fingerprint density at radius 1 is 1.08 bits per heavy atom. The molecule has 2 aromatic carbocycles. The lowest BCUT2D eigenvalue weighted by Crippen LogP contribution is -2.52. The van der Waals surface area contributed by atoms with Crippen molar-refractivity contribution in [2.24, 2.45) is 5.92 Å². The van der Waals surface area contributed by atoms with Gasteiger partial charge in [0.15, 0.2) is 0 Å². The molecule has 8 nitrogen and oxygen atoms in total. The van der Waals surface area contributed by atoms with Crippen LogP contribution in [0.2, 0.25) is 10.0 Å². The number of rotatable bonds is 13. The Kier molecular flexibility index (Phi) is 11.5. The van der Waals surface area contributed by atoms with Gasteiger partial charge in [0, 0.05) is 23.1 Å². The highest BCUT2D eigenvalue weighted by Crippen LogP contribution is 2.30. The number of hydrogen-bond acceptors (Lipinski definition) is 5. The van der Waals surface area contributed by atoms with Crippen molar-refractivity contribution in [2.45, 2.75) is 46.7 Å². The van der Waals surface area contributed by atoms with Gasteiger partial charge in [0.25, 0.3) is 0 Å². The van der Waals surface area contributed by atoms with E-state index in [0.717, 1.165) is 10.6 Å². The summed E-state index contributed by atoms with van der Waals surface area (Å²) in [6.07, 6.45) is 1.34. The second kappa shape index (κ2) is 13.9. The maximum absolute atomic E-state index is 13.8. The molecule has 2 aromatic rings. The molecule has 2 amide bonds. The summed E-state index contributed by atoms with van der Waals surface area (Å²) in [4.78, 5) is 28.3. The van der Waals surface area contributed by atoms with Crippen LogP contribution in [0.5, 0.6) is 5.75 Å². The van der Waals surface area contributed by atoms with Crippen LogP contribution < -0.4 is 14.4 Å². The van der Waals surface area contributed by atoms with Gasteiger partial charge in [0.1, 0.15) is 18.3 Å². The number of hydrogen-bond donors (Lipinski definition) is 1. The van der Waals surface area contributed by atoms with E-state index in [1.807, 2.05) is 13.8 Å². The third-order valence-corrected chi connectivity index (χ3v) is 7.25. The van der Waals surface area contributed by atoms with Crippen LogP contribution in [0.25, 0.3) is 0 Å². The van der Waals surface area contributed by atoms with E-state index in [9.17, 15) is 18.0 Å². The maximum atomic E-state index is 13.8. The van der Waals surface area contributed by atoms with Gasteiger partial charge in [-0.3, -0.25) is 13.9 Å². The Bertz CT molecular complexity index is 1190. The van der Waals surface area contributed by atoms with Crippen molar-refractivity contribution in [2.75, 3.05) is 30.3 Å². The number of nitrogens with zero attached hydrogens (tertiary/aromatic N) is 2. The highest BCUT2D eigenvalue weighted by molar-refractivity contribution is 7.92. The summed E-state index contributed by atoms with van der Waals surface area (Å²) in [5, 5.41) is 3.65. The van der Waals surface area contributed by atoms with E-state index in [0.29, 0.717) is 40.9 Å². The summed E-state index contributed by atoms with van der Waals surface area (Å²) < 4.78 is 32.3. The van der Waals surface area contributed by atoms with Crippen molar-refractivity contribution in [1.29, 1.82) is 0 Å². The first-order valence-electron chi connectivity index (χ1n) is 12.1. The predicted molar refractivity (Wildman–Crippen MR) is 149 cm³/mol. The number of ether oxygens (including phenoxy) is 1. The number of amides is 2. The molecular formula is C26H35Cl2N3O5S. The summed E-state index contributed by atoms with van der Waals surface area (Å²) in [6, 6.07) is 10.6. The van der Waals surface area contributed by atoms with Gasteiger partial charge in [-0.05, 0) is 49.1 Å². The summed E-state index contributed by atoms with van der Waals surface area (Å²) in [7, 11) is -3.89. The second-order valence-corrected chi connectivity index (χ2v) is 11.7. The number of halogens is 2. The topological polar surface area (TPSA) is 96.0 Å². The minimum Gasteiger partial charge on any atom is -0.492 e. The fourth-order valence-electron chi connectivity index (χ4n) is 3.71. The van der Waals surface area contributed by atoms with Gasteiger partial charge in [0.05, 0.1) is 18.6 Å². The lowest BCUT2D eigenvalue weighted by atomic mass is 10.1. The first-order chi connectivity index (χ1) is 17.4. The van der Waals surface area contributed by atoms with E-state index in [-0.39, 0.29) is 24.1 Å². The van der Waals surface area contributed by atoms with Crippen LogP contribution in [0.15, 0.2) is 42.5 Å². The zero-order valence-corrected chi connectivity index (χ0v) is 24.2. The normalized spacial score (nSPS) is 12.2. The molecule has 0 radical (unpaired) electrons. The van der Waals surface area contributed by atoms with Gasteiger partial charge in [-0.15, -0.1) is 0 Å². The monoisotopic (exact) mass is 571 g/mol. The van der Waals surface area contributed by atoms with E-state index in [1.165, 1.54) is 4.90 Å². The van der Waals surface area contributed by atoms with Crippen LogP contribution in [-0.4, -0.2) is 57.1 Å². The highest BCUT2D eigenvalue weighted by atomic mass is 35.5. The average molecular weight is 573 g/mol. The zero-order valence-electron chi connectivity index (χ0n) is 21.8. The Morgan fingerprint density at radius 2 is 1.76 bits per heavy atom. The van der Waals surface area contributed by atoms with Crippen molar-refractivity contribution >= 4 is 50.7 Å². The Hall–Kier alpha value is -2.49. The molecule has 0 aliphatic heterocycles. The number of carbonyl (C=O) groups excluding carboxylic acids is 2. The fourth-order valence-corrected chi connectivity index (χ4v) is 5.03. The van der Waals surface area contributed by atoms with Crippen molar-refractivity contribution in [3.63, 3.8) is 0 Å². The molecule has 0 saturated carbocycles. The summed E-state index contributed by atoms with van der Waals surface area (Å²) >= 11 is 12.4. The van der Waals surface area contributed by atoms with Crippen LogP contribution in [0, 0.1) is 5.92 Å². The SMILES string of the molecule is CCOc1ccccc1N(CC(=O)N(Cc1ccc(Cl)cc1Cl)C(CC)C(=O)NCC(C)C)S(C)(=O)=O. The number of nitrogens with one attached hydrogen (secondary N) is 1. The van der Waals surface area contributed by atoms with Crippen LogP contribution >= 0.6 is 23.2 Å². The number of anilines is 1. The van der Waals surface area contributed by atoms with Gasteiger partial charge in [-0.25, -0.2) is 8.42 Å². The van der Waals surface area contributed by atoms with Crippen molar-refractivity contribution in [3.05, 3.63) is 58.1 Å². The standard InChI is InChI=1S/C26H35Cl2N3O5S/c1-6-22(26(33)29-15-18(3)4)30(16-19-12-13-20(27)14-21(19)28)25(32)17-31(37(5,34)35)23-10-8-9-11-24(23)36-7-2/h8-14,18,22H,6-7,15-17H2,1-5H3,(H,29,33). The molecule has 0 aromatic heterocycles. The number of sulfonamides is 1. The van der Waals surface area contributed by atoms with E-state index in [2.05, 4.69) is 5.32 Å². The summed E-state index contributed by atoms with van der Waals surface area (Å²) in [6.45, 7) is 7.74. The molecule has 0 aliphatic rings. The Labute approximate surface area is 229 Å². The molecule has 0 spiro atoms. The molecule has 0 saturated heterocycles. The zero-order chi connectivity index (χ0) is 27.8. The van der Waals surface area contributed by atoms with Gasteiger partial charge in [-0.1, -0.05) is 62.2 Å². The maximum Gasteiger partial charge on any atom is 0.244 e. The van der Waals surface area contributed by atoms with Gasteiger partial charge < -0.3 is 15.0 Å². The number of carbonyl (C=O) groups is 2. The molecule has 0 bridgehead atoms. The van der Waals surface area contributed by atoms with Gasteiger partial charge in [-0.2, -0.15) is 0 Å². The van der Waals surface area contributed by atoms with E-state index in [4.69, 9.17) is 27.9 Å². The predicted octanol–water partition coefficient (Wildman–Crippen LogP) is 4.74. The largest absolute Gasteiger partial charge is 0.492 e. The molecule has 1 atom stereocenters. The Morgan fingerprint density at radius 3 is 2.32 bits per heavy atom. The summed E-state index contributed by atoms with van der Waals surface area (Å²) in [5.74, 6) is -0.339. The van der Waals surface area contributed by atoms with Crippen molar-refractivity contribution in [1.82, 2.24) is 10.2 Å². The third kappa shape index (κ3) is 8.79. The van der Waals surface area contributed by atoms with Gasteiger partial charge in [0.2, 0.25) is 21.8 Å². The molecule has 1 N–H and O–H groups in total. The number of para-hydroxylation sites is 2. The van der Waals surface area contributed by atoms with Crippen LogP contribution in [-0.2, 0) is 26.2 Å². The molecule has 2 rings (SSSR count). The molecule has 11 heteroatoms.